The van der Waals surface area contributed by atoms with Crippen LogP contribution in [0.3, 0.4) is 0 Å². The van der Waals surface area contributed by atoms with E-state index in [0.717, 1.165) is 19.5 Å². The normalized spacial score (nSPS) is 13.7. The summed E-state index contributed by atoms with van der Waals surface area (Å²) < 4.78 is 0. The Kier molecular flexibility index (Phi) is 5.93. The highest BCUT2D eigenvalue weighted by Crippen LogP contribution is 1.81. The van der Waals surface area contributed by atoms with E-state index in [4.69, 9.17) is 5.11 Å². The van der Waals surface area contributed by atoms with Crippen molar-refractivity contribution in [2.45, 2.75) is 19.6 Å². The van der Waals surface area contributed by atoms with Gasteiger partial charge in [0.05, 0.1) is 0 Å². The summed E-state index contributed by atoms with van der Waals surface area (Å²) in [5.41, 5.74) is 0. The molecule has 0 fully saturated rings. The minimum Gasteiger partial charge on any atom is -0.379 e. The van der Waals surface area contributed by atoms with Crippen molar-refractivity contribution < 1.29 is 5.11 Å². The summed E-state index contributed by atoms with van der Waals surface area (Å²) in [4.78, 5) is 0. The van der Waals surface area contributed by atoms with Gasteiger partial charge in [0.2, 0.25) is 0 Å². The first-order valence-corrected chi connectivity index (χ1v) is 3.37. The molecule has 56 valence electrons. The second-order valence-corrected chi connectivity index (χ2v) is 1.95. The van der Waals surface area contributed by atoms with Crippen LogP contribution in [0.4, 0.5) is 0 Å². The maximum absolute atomic E-state index is 8.93. The lowest BCUT2D eigenvalue weighted by molar-refractivity contribution is 0.137. The molecule has 0 aromatic heterocycles. The molecule has 3 nitrogen and oxygen atoms in total. The first kappa shape index (κ1) is 8.88. The summed E-state index contributed by atoms with van der Waals surface area (Å²) in [7, 11) is 1.75. The molecule has 0 aromatic rings. The van der Waals surface area contributed by atoms with Gasteiger partial charge in [-0.3, -0.25) is 5.32 Å². The summed E-state index contributed by atoms with van der Waals surface area (Å²) in [6, 6.07) is 0. The van der Waals surface area contributed by atoms with Crippen LogP contribution in [0.5, 0.6) is 0 Å². The van der Waals surface area contributed by atoms with Gasteiger partial charge in [0.15, 0.2) is 0 Å². The average molecular weight is 132 g/mol. The van der Waals surface area contributed by atoms with Crippen molar-refractivity contribution >= 4 is 0 Å². The Morgan fingerprint density at radius 3 is 2.67 bits per heavy atom. The molecule has 0 amide bonds. The van der Waals surface area contributed by atoms with Crippen molar-refractivity contribution in [2.75, 3.05) is 20.1 Å². The quantitative estimate of drug-likeness (QED) is 0.350. The van der Waals surface area contributed by atoms with Crippen molar-refractivity contribution in [1.29, 1.82) is 0 Å². The van der Waals surface area contributed by atoms with Crippen LogP contribution in [-0.4, -0.2) is 31.5 Å². The first-order valence-electron chi connectivity index (χ1n) is 3.37. The molecule has 0 saturated heterocycles. The van der Waals surface area contributed by atoms with Crippen LogP contribution in [0.2, 0.25) is 0 Å². The summed E-state index contributed by atoms with van der Waals surface area (Å²) in [6.07, 6.45) is 0.411. The largest absolute Gasteiger partial charge is 0.379 e. The number of aliphatic hydroxyl groups is 1. The van der Waals surface area contributed by atoms with E-state index < -0.39 is 0 Å². The fourth-order valence-electron chi connectivity index (χ4n) is 0.560. The molecule has 0 aliphatic carbocycles. The molecule has 3 heteroatoms. The first-order chi connectivity index (χ1) is 4.31. The lowest BCUT2D eigenvalue weighted by Gasteiger charge is -2.07. The Balaban J connectivity index is 2.88. The molecule has 0 heterocycles. The topological polar surface area (TPSA) is 44.3 Å². The molecule has 0 saturated carbocycles. The molecule has 0 rings (SSSR count). The van der Waals surface area contributed by atoms with Gasteiger partial charge in [-0.05, 0) is 26.6 Å². The number of hydrogen-bond donors (Lipinski definition) is 3. The van der Waals surface area contributed by atoms with Crippen LogP contribution in [0.15, 0.2) is 0 Å². The van der Waals surface area contributed by atoms with Crippen molar-refractivity contribution in [1.82, 2.24) is 10.6 Å². The van der Waals surface area contributed by atoms with E-state index in [1.807, 2.05) is 6.92 Å². The minimum atomic E-state index is -0.357. The van der Waals surface area contributed by atoms with Gasteiger partial charge in [0.1, 0.15) is 6.23 Å². The Morgan fingerprint density at radius 1 is 1.56 bits per heavy atom. The van der Waals surface area contributed by atoms with Gasteiger partial charge in [-0.2, -0.15) is 0 Å². The van der Waals surface area contributed by atoms with Gasteiger partial charge in [-0.1, -0.05) is 6.92 Å². The smallest absolute Gasteiger partial charge is 0.105 e. The zero-order chi connectivity index (χ0) is 7.11. The summed E-state index contributed by atoms with van der Waals surface area (Å²) in [5, 5.41) is 14.8. The lowest BCUT2D eigenvalue weighted by Crippen LogP contribution is -2.29. The standard InChI is InChI=1S/C6H16N2O/c1-3-8-5-4-6(9)7-2/h6-9H,3-5H2,1-2H3. The lowest BCUT2D eigenvalue weighted by atomic mass is 10.4. The number of nitrogens with one attached hydrogen (secondary N) is 2. The molecule has 3 N–H and O–H groups in total. The third kappa shape index (κ3) is 5.76. The summed E-state index contributed by atoms with van der Waals surface area (Å²) in [5.74, 6) is 0. The molecule has 0 aliphatic rings. The molecule has 0 bridgehead atoms. The molecular weight excluding hydrogens is 116 g/mol. The number of hydrogen-bond acceptors (Lipinski definition) is 3. The average Bonchev–Trinajstić information content (AvgIpc) is 1.89. The number of aliphatic hydroxyl groups excluding tert-OH is 1. The molecule has 1 unspecified atom stereocenters. The van der Waals surface area contributed by atoms with E-state index in [-0.39, 0.29) is 6.23 Å². The van der Waals surface area contributed by atoms with E-state index in [9.17, 15) is 0 Å². The monoisotopic (exact) mass is 132 g/mol. The van der Waals surface area contributed by atoms with Gasteiger partial charge in [-0.15, -0.1) is 0 Å². The van der Waals surface area contributed by atoms with Crippen molar-refractivity contribution in [3.63, 3.8) is 0 Å². The van der Waals surface area contributed by atoms with Crippen molar-refractivity contribution in [2.24, 2.45) is 0 Å². The van der Waals surface area contributed by atoms with Gasteiger partial charge >= 0.3 is 0 Å². The maximum Gasteiger partial charge on any atom is 0.105 e. The fourth-order valence-corrected chi connectivity index (χ4v) is 0.560. The summed E-state index contributed by atoms with van der Waals surface area (Å²) in [6.45, 7) is 3.89. The zero-order valence-corrected chi connectivity index (χ0v) is 6.15. The highest BCUT2D eigenvalue weighted by Gasteiger charge is 1.95. The van der Waals surface area contributed by atoms with Crippen molar-refractivity contribution in [3.05, 3.63) is 0 Å². The Hall–Kier alpha value is -0.120. The molecule has 0 aliphatic heterocycles. The molecule has 9 heavy (non-hydrogen) atoms. The third-order valence-electron chi connectivity index (χ3n) is 1.18. The highest BCUT2D eigenvalue weighted by molar-refractivity contribution is 4.50. The van der Waals surface area contributed by atoms with E-state index in [2.05, 4.69) is 10.6 Å². The van der Waals surface area contributed by atoms with Gasteiger partial charge in [0.25, 0.3) is 0 Å². The Bertz CT molecular complexity index is 59.0. The highest BCUT2D eigenvalue weighted by atomic mass is 16.3. The molecule has 1 atom stereocenters. The zero-order valence-electron chi connectivity index (χ0n) is 6.15. The van der Waals surface area contributed by atoms with Crippen LogP contribution in [0, 0.1) is 0 Å². The molecule has 0 aromatic carbocycles. The predicted octanol–water partition coefficient (Wildman–Crippen LogP) is -0.476. The number of rotatable bonds is 5. The SMILES string of the molecule is CCNCCC(O)NC. The molecule has 0 radical (unpaired) electrons. The van der Waals surface area contributed by atoms with Gasteiger partial charge in [-0.25, -0.2) is 0 Å². The van der Waals surface area contributed by atoms with Crippen molar-refractivity contribution in [3.8, 4) is 0 Å². The van der Waals surface area contributed by atoms with Gasteiger partial charge < -0.3 is 10.4 Å². The Morgan fingerprint density at radius 2 is 2.22 bits per heavy atom. The molecular formula is C6H16N2O. The van der Waals surface area contributed by atoms with Crippen LogP contribution in [-0.2, 0) is 0 Å². The van der Waals surface area contributed by atoms with E-state index in [0.29, 0.717) is 0 Å². The summed E-state index contributed by atoms with van der Waals surface area (Å²) >= 11 is 0. The second kappa shape index (κ2) is 6.01. The van der Waals surface area contributed by atoms with Crippen LogP contribution in [0.25, 0.3) is 0 Å². The minimum absolute atomic E-state index is 0.357. The van der Waals surface area contributed by atoms with E-state index >= 15 is 0 Å². The maximum atomic E-state index is 8.93. The van der Waals surface area contributed by atoms with E-state index in [1.54, 1.807) is 7.05 Å². The predicted molar refractivity (Wildman–Crippen MR) is 38.2 cm³/mol. The van der Waals surface area contributed by atoms with Crippen LogP contribution in [0.1, 0.15) is 13.3 Å². The van der Waals surface area contributed by atoms with Gasteiger partial charge in [0, 0.05) is 0 Å². The van der Waals surface area contributed by atoms with Crippen LogP contribution >= 0.6 is 0 Å². The second-order valence-electron chi connectivity index (χ2n) is 1.95. The van der Waals surface area contributed by atoms with E-state index in [1.165, 1.54) is 0 Å². The van der Waals surface area contributed by atoms with Crippen LogP contribution < -0.4 is 10.6 Å². The molecule has 0 spiro atoms. The third-order valence-corrected chi connectivity index (χ3v) is 1.18. The Labute approximate surface area is 56.5 Å². The fraction of sp³-hybridized carbons (Fsp3) is 1.00.